The fraction of sp³-hybridized carbons (Fsp3) is 0.154. The minimum absolute atomic E-state index is 0.0757. The van der Waals surface area contributed by atoms with Gasteiger partial charge in [-0.1, -0.05) is 0 Å². The van der Waals surface area contributed by atoms with Crippen molar-refractivity contribution in [2.45, 2.75) is 11.8 Å². The van der Waals surface area contributed by atoms with Crippen molar-refractivity contribution < 1.29 is 13.2 Å². The highest BCUT2D eigenvalue weighted by molar-refractivity contribution is 7.92. The molecule has 0 saturated heterocycles. The number of hydrogen-bond donors (Lipinski definition) is 2. The minimum Gasteiger partial charge on any atom is -0.495 e. The molecule has 0 amide bonds. The summed E-state index contributed by atoms with van der Waals surface area (Å²) in [7, 11) is -2.28. The maximum Gasteiger partial charge on any atom is 0.262 e. The molecule has 7 heteroatoms. The molecule has 0 atom stereocenters. The normalized spacial score (nSPS) is 11.1. The molecule has 3 N–H and O–H groups in total. The van der Waals surface area contributed by atoms with E-state index in [4.69, 9.17) is 10.5 Å². The third kappa shape index (κ3) is 2.83. The van der Waals surface area contributed by atoms with Gasteiger partial charge in [-0.2, -0.15) is 0 Å². The van der Waals surface area contributed by atoms with Gasteiger partial charge in [-0.3, -0.25) is 9.71 Å². The van der Waals surface area contributed by atoms with Crippen LogP contribution in [0, 0.1) is 6.92 Å². The Bertz CT molecular complexity index is 729. The van der Waals surface area contributed by atoms with Gasteiger partial charge in [0.25, 0.3) is 10.0 Å². The highest BCUT2D eigenvalue weighted by atomic mass is 32.2. The lowest BCUT2D eigenvalue weighted by atomic mass is 10.3. The van der Waals surface area contributed by atoms with E-state index >= 15 is 0 Å². The first-order valence-corrected chi connectivity index (χ1v) is 7.29. The molecule has 0 aliphatic carbocycles. The van der Waals surface area contributed by atoms with E-state index in [0.717, 1.165) is 5.56 Å². The van der Waals surface area contributed by atoms with Crippen molar-refractivity contribution in [3.8, 4) is 5.75 Å². The van der Waals surface area contributed by atoms with Crippen LogP contribution in [-0.4, -0.2) is 20.5 Å². The summed E-state index contributed by atoms with van der Waals surface area (Å²) in [6, 6.07) is 6.01. The van der Waals surface area contributed by atoms with Gasteiger partial charge in [0.15, 0.2) is 0 Å². The minimum atomic E-state index is -3.71. The third-order valence-corrected chi connectivity index (χ3v) is 4.16. The van der Waals surface area contributed by atoms with Crippen LogP contribution in [0.1, 0.15) is 5.56 Å². The molecule has 20 heavy (non-hydrogen) atoms. The van der Waals surface area contributed by atoms with Crippen molar-refractivity contribution in [3.63, 3.8) is 0 Å². The predicted molar refractivity (Wildman–Crippen MR) is 77.2 cm³/mol. The number of nitrogens with two attached hydrogens (primary N) is 1. The summed E-state index contributed by atoms with van der Waals surface area (Å²) in [5, 5.41) is 0. The zero-order chi connectivity index (χ0) is 14.8. The SMILES string of the molecule is COc1cc(S(=O)(=O)Nc2cnccc2C)ccc1N. The first-order valence-electron chi connectivity index (χ1n) is 5.81. The van der Waals surface area contributed by atoms with Gasteiger partial charge >= 0.3 is 0 Å². The van der Waals surface area contributed by atoms with Crippen molar-refractivity contribution in [1.82, 2.24) is 4.98 Å². The lowest BCUT2D eigenvalue weighted by Gasteiger charge is -2.11. The Morgan fingerprint density at radius 1 is 1.30 bits per heavy atom. The molecule has 1 heterocycles. The average molecular weight is 293 g/mol. The molecule has 0 aliphatic rings. The summed E-state index contributed by atoms with van der Waals surface area (Å²) in [5.41, 5.74) is 7.27. The topological polar surface area (TPSA) is 94.3 Å². The van der Waals surface area contributed by atoms with Crippen molar-refractivity contribution in [2.75, 3.05) is 17.6 Å². The number of nitrogen functional groups attached to an aromatic ring is 1. The van der Waals surface area contributed by atoms with E-state index in [1.54, 1.807) is 19.2 Å². The van der Waals surface area contributed by atoms with E-state index in [2.05, 4.69) is 9.71 Å². The molecule has 6 nitrogen and oxygen atoms in total. The number of nitrogens with zero attached hydrogens (tertiary/aromatic N) is 1. The molecule has 2 aromatic rings. The number of hydrogen-bond acceptors (Lipinski definition) is 5. The first kappa shape index (κ1) is 14.1. The molecule has 1 aromatic carbocycles. The van der Waals surface area contributed by atoms with Gasteiger partial charge in [0.2, 0.25) is 0 Å². The monoisotopic (exact) mass is 293 g/mol. The number of methoxy groups -OCH3 is 1. The van der Waals surface area contributed by atoms with E-state index in [-0.39, 0.29) is 4.90 Å². The molecule has 0 saturated carbocycles. The van der Waals surface area contributed by atoms with Crippen LogP contribution >= 0.6 is 0 Å². The Hall–Kier alpha value is -2.28. The lowest BCUT2D eigenvalue weighted by molar-refractivity contribution is 0.415. The largest absolute Gasteiger partial charge is 0.495 e. The van der Waals surface area contributed by atoms with Gasteiger partial charge in [0, 0.05) is 12.3 Å². The molecule has 0 spiro atoms. The zero-order valence-electron chi connectivity index (χ0n) is 11.1. The quantitative estimate of drug-likeness (QED) is 0.838. The Balaban J connectivity index is 2.38. The highest BCUT2D eigenvalue weighted by Crippen LogP contribution is 2.26. The summed E-state index contributed by atoms with van der Waals surface area (Å²) < 4.78 is 32.1. The van der Waals surface area contributed by atoms with Gasteiger partial charge in [-0.15, -0.1) is 0 Å². The summed E-state index contributed by atoms with van der Waals surface area (Å²) in [4.78, 5) is 3.98. The van der Waals surface area contributed by atoms with Gasteiger partial charge in [0.05, 0.1) is 29.6 Å². The van der Waals surface area contributed by atoms with Crippen molar-refractivity contribution in [2.24, 2.45) is 0 Å². The number of nitrogens with one attached hydrogen (secondary N) is 1. The number of rotatable bonds is 4. The van der Waals surface area contributed by atoms with E-state index in [0.29, 0.717) is 17.1 Å². The molecule has 0 aliphatic heterocycles. The second kappa shape index (κ2) is 5.38. The number of benzene rings is 1. The zero-order valence-corrected chi connectivity index (χ0v) is 11.9. The number of sulfonamides is 1. The van der Waals surface area contributed by atoms with Crippen LogP contribution in [0.15, 0.2) is 41.6 Å². The van der Waals surface area contributed by atoms with Crippen LogP contribution in [0.2, 0.25) is 0 Å². The molecular weight excluding hydrogens is 278 g/mol. The van der Waals surface area contributed by atoms with Crippen LogP contribution < -0.4 is 15.2 Å². The van der Waals surface area contributed by atoms with Crippen LogP contribution in [-0.2, 0) is 10.0 Å². The lowest BCUT2D eigenvalue weighted by Crippen LogP contribution is -2.14. The third-order valence-electron chi connectivity index (χ3n) is 2.80. The smallest absolute Gasteiger partial charge is 0.262 e. The molecule has 106 valence electrons. The van der Waals surface area contributed by atoms with E-state index in [1.807, 2.05) is 0 Å². The fourth-order valence-electron chi connectivity index (χ4n) is 1.63. The van der Waals surface area contributed by atoms with Crippen LogP contribution in [0.4, 0.5) is 11.4 Å². The first-order chi connectivity index (χ1) is 9.44. The number of pyridine rings is 1. The Morgan fingerprint density at radius 3 is 2.70 bits per heavy atom. The second-order valence-corrected chi connectivity index (χ2v) is 5.88. The number of ether oxygens (including phenoxy) is 1. The summed E-state index contributed by atoms with van der Waals surface area (Å²) in [6.45, 7) is 1.79. The second-order valence-electron chi connectivity index (χ2n) is 4.20. The van der Waals surface area contributed by atoms with Crippen molar-refractivity contribution in [1.29, 1.82) is 0 Å². The number of aryl methyl sites for hydroxylation is 1. The van der Waals surface area contributed by atoms with E-state index < -0.39 is 10.0 Å². The standard InChI is InChI=1S/C13H15N3O3S/c1-9-5-6-15-8-12(9)16-20(17,18)10-3-4-11(14)13(7-10)19-2/h3-8,16H,14H2,1-2H3. The van der Waals surface area contributed by atoms with Crippen LogP contribution in [0.25, 0.3) is 0 Å². The molecule has 2 rings (SSSR count). The summed E-state index contributed by atoms with van der Waals surface area (Å²) in [6.07, 6.45) is 3.06. The van der Waals surface area contributed by atoms with Gasteiger partial charge in [-0.05, 0) is 30.7 Å². The van der Waals surface area contributed by atoms with Crippen LogP contribution in [0.3, 0.4) is 0 Å². The molecule has 0 bridgehead atoms. The average Bonchev–Trinajstić information content (AvgIpc) is 2.41. The van der Waals surface area contributed by atoms with Crippen molar-refractivity contribution in [3.05, 3.63) is 42.2 Å². The molecule has 0 unspecified atom stereocenters. The Labute approximate surface area is 117 Å². The number of aromatic nitrogens is 1. The molecular formula is C13H15N3O3S. The van der Waals surface area contributed by atoms with E-state index in [9.17, 15) is 8.42 Å². The molecule has 1 aromatic heterocycles. The van der Waals surface area contributed by atoms with Crippen molar-refractivity contribution >= 4 is 21.4 Å². The maximum atomic E-state index is 12.3. The van der Waals surface area contributed by atoms with E-state index in [1.165, 1.54) is 31.5 Å². The summed E-state index contributed by atoms with van der Waals surface area (Å²) in [5.74, 6) is 0.316. The number of anilines is 2. The maximum absolute atomic E-state index is 12.3. The fourth-order valence-corrected chi connectivity index (χ4v) is 2.76. The molecule has 0 radical (unpaired) electrons. The van der Waals surface area contributed by atoms with Gasteiger partial charge in [-0.25, -0.2) is 8.42 Å². The van der Waals surface area contributed by atoms with Gasteiger partial charge < -0.3 is 10.5 Å². The molecule has 0 fully saturated rings. The predicted octanol–water partition coefficient (Wildman–Crippen LogP) is 1.78. The van der Waals surface area contributed by atoms with Gasteiger partial charge in [0.1, 0.15) is 5.75 Å². The Kier molecular flexibility index (Phi) is 3.80. The van der Waals surface area contributed by atoms with Crippen LogP contribution in [0.5, 0.6) is 5.75 Å². The summed E-state index contributed by atoms with van der Waals surface area (Å²) >= 11 is 0. The Morgan fingerprint density at radius 2 is 2.05 bits per heavy atom. The highest BCUT2D eigenvalue weighted by Gasteiger charge is 2.17.